The van der Waals surface area contributed by atoms with Crippen molar-refractivity contribution in [1.82, 2.24) is 24.5 Å². The predicted octanol–water partition coefficient (Wildman–Crippen LogP) is 2.58. The van der Waals surface area contributed by atoms with Crippen molar-refractivity contribution >= 4 is 17.6 Å². The molecule has 182 valence electrons. The van der Waals surface area contributed by atoms with E-state index < -0.39 is 5.91 Å². The standard InChI is InChI=1S/C25H28FN7O2/c1-2-7-21(34)31-12-5-9-19(10-6-13-31)33-24(27)22(25(28)35)23(30-33)18-14-29-32(16-18)15-17-8-3-4-11-20(17)26/h3-4,8,11,14,16,19H,5-6,9-10,12-13,15,27H2,1H3,(H2,28,35). The van der Waals surface area contributed by atoms with Gasteiger partial charge in [-0.2, -0.15) is 10.2 Å². The van der Waals surface area contributed by atoms with Crippen molar-refractivity contribution in [1.29, 1.82) is 0 Å². The average Bonchev–Trinajstić information content (AvgIpc) is 3.40. The Morgan fingerprint density at radius 2 is 1.91 bits per heavy atom. The maximum atomic E-state index is 14.0. The summed E-state index contributed by atoms with van der Waals surface area (Å²) in [6, 6.07) is 6.44. The highest BCUT2D eigenvalue weighted by Gasteiger charge is 2.27. The maximum absolute atomic E-state index is 14.0. The van der Waals surface area contributed by atoms with Gasteiger partial charge in [0.05, 0.1) is 18.8 Å². The van der Waals surface area contributed by atoms with Gasteiger partial charge in [0, 0.05) is 30.4 Å². The number of nitrogen functional groups attached to an aromatic ring is 1. The molecule has 4 rings (SSSR count). The number of benzene rings is 1. The van der Waals surface area contributed by atoms with Crippen molar-refractivity contribution in [3.8, 4) is 23.1 Å². The third-order valence-electron chi connectivity index (χ3n) is 6.19. The van der Waals surface area contributed by atoms with Gasteiger partial charge in [-0.05, 0) is 44.6 Å². The number of amides is 2. The summed E-state index contributed by atoms with van der Waals surface area (Å²) in [5.41, 5.74) is 13.6. The number of anilines is 1. The van der Waals surface area contributed by atoms with Crippen molar-refractivity contribution < 1.29 is 14.0 Å². The summed E-state index contributed by atoms with van der Waals surface area (Å²) >= 11 is 0. The Kier molecular flexibility index (Phi) is 7.15. The van der Waals surface area contributed by atoms with Gasteiger partial charge < -0.3 is 16.4 Å². The number of rotatable bonds is 5. The molecule has 3 aromatic rings. The van der Waals surface area contributed by atoms with Crippen LogP contribution in [0, 0.1) is 17.7 Å². The van der Waals surface area contributed by atoms with Gasteiger partial charge in [0.15, 0.2) is 0 Å². The Labute approximate surface area is 202 Å². The zero-order chi connectivity index (χ0) is 24.9. The van der Waals surface area contributed by atoms with Crippen molar-refractivity contribution in [2.45, 2.75) is 45.2 Å². The smallest absolute Gasteiger partial charge is 0.298 e. The molecule has 0 aliphatic carbocycles. The van der Waals surface area contributed by atoms with Crippen LogP contribution in [0.1, 0.15) is 54.6 Å². The molecule has 0 atom stereocenters. The molecular formula is C25H28FN7O2. The molecule has 10 heteroatoms. The number of carbonyl (C=O) groups is 2. The zero-order valence-corrected chi connectivity index (χ0v) is 19.6. The van der Waals surface area contributed by atoms with Crippen LogP contribution in [0.5, 0.6) is 0 Å². The minimum atomic E-state index is -0.675. The van der Waals surface area contributed by atoms with Crippen molar-refractivity contribution in [2.75, 3.05) is 18.8 Å². The lowest BCUT2D eigenvalue weighted by molar-refractivity contribution is -0.125. The highest BCUT2D eigenvalue weighted by atomic mass is 19.1. The van der Waals surface area contributed by atoms with Gasteiger partial charge in [-0.25, -0.2) is 9.07 Å². The van der Waals surface area contributed by atoms with Gasteiger partial charge in [0.25, 0.3) is 11.8 Å². The van der Waals surface area contributed by atoms with Crippen LogP contribution < -0.4 is 11.5 Å². The molecule has 1 fully saturated rings. The summed E-state index contributed by atoms with van der Waals surface area (Å²) in [5.74, 6) is 4.31. The molecule has 2 aromatic heterocycles. The van der Waals surface area contributed by atoms with Gasteiger partial charge in [0.1, 0.15) is 22.9 Å². The summed E-state index contributed by atoms with van der Waals surface area (Å²) in [5, 5.41) is 8.99. The number of nitrogens with two attached hydrogens (primary N) is 2. The van der Waals surface area contributed by atoms with E-state index in [0.717, 1.165) is 25.7 Å². The van der Waals surface area contributed by atoms with Gasteiger partial charge in [-0.15, -0.1) is 0 Å². The Bertz CT molecular complexity index is 1290. The molecule has 1 aromatic carbocycles. The Morgan fingerprint density at radius 3 is 2.57 bits per heavy atom. The number of hydrogen-bond donors (Lipinski definition) is 2. The van der Waals surface area contributed by atoms with Crippen LogP contribution in [0.4, 0.5) is 10.2 Å². The number of primary amides is 1. The lowest BCUT2D eigenvalue weighted by Crippen LogP contribution is -2.34. The molecule has 0 saturated carbocycles. The summed E-state index contributed by atoms with van der Waals surface area (Å²) < 4.78 is 17.3. The van der Waals surface area contributed by atoms with E-state index in [1.807, 2.05) is 0 Å². The largest absolute Gasteiger partial charge is 0.383 e. The highest BCUT2D eigenvalue weighted by molar-refractivity contribution is 6.03. The zero-order valence-electron chi connectivity index (χ0n) is 19.6. The summed E-state index contributed by atoms with van der Waals surface area (Å²) in [6.45, 7) is 3.08. The molecule has 0 radical (unpaired) electrons. The second kappa shape index (κ2) is 10.4. The SMILES string of the molecule is CC#CC(=O)N1CCCC(n2nc(-c3cnn(Cc4ccccc4F)c3)c(C(N)=O)c2N)CCC1. The Balaban J connectivity index is 1.57. The molecule has 1 saturated heterocycles. The predicted molar refractivity (Wildman–Crippen MR) is 129 cm³/mol. The first kappa shape index (κ1) is 24.0. The van der Waals surface area contributed by atoms with Gasteiger partial charge >= 0.3 is 0 Å². The molecule has 1 aliphatic rings. The molecule has 2 amide bonds. The first-order valence-corrected chi connectivity index (χ1v) is 11.5. The van der Waals surface area contributed by atoms with Crippen molar-refractivity contribution in [3.63, 3.8) is 0 Å². The first-order chi connectivity index (χ1) is 16.9. The highest BCUT2D eigenvalue weighted by Crippen LogP contribution is 2.32. The third kappa shape index (κ3) is 5.19. The van der Waals surface area contributed by atoms with Gasteiger partial charge in [-0.1, -0.05) is 24.1 Å². The number of aromatic nitrogens is 4. The molecule has 35 heavy (non-hydrogen) atoms. The number of hydrogen-bond acceptors (Lipinski definition) is 5. The molecule has 0 spiro atoms. The maximum Gasteiger partial charge on any atom is 0.298 e. The van der Waals surface area contributed by atoms with E-state index in [1.165, 1.54) is 6.07 Å². The quantitative estimate of drug-likeness (QED) is 0.547. The van der Waals surface area contributed by atoms with Crippen LogP contribution in [0.3, 0.4) is 0 Å². The Morgan fingerprint density at radius 1 is 1.20 bits per heavy atom. The van der Waals surface area contributed by atoms with E-state index >= 15 is 0 Å². The molecule has 0 unspecified atom stereocenters. The van der Waals surface area contributed by atoms with Crippen LogP contribution >= 0.6 is 0 Å². The minimum Gasteiger partial charge on any atom is -0.383 e. The molecule has 4 N–H and O–H groups in total. The lowest BCUT2D eigenvalue weighted by Gasteiger charge is -2.27. The Hall–Kier alpha value is -4.13. The monoisotopic (exact) mass is 477 g/mol. The van der Waals surface area contributed by atoms with E-state index in [4.69, 9.17) is 11.5 Å². The van der Waals surface area contributed by atoms with Crippen LogP contribution in [-0.4, -0.2) is 49.4 Å². The number of carbonyl (C=O) groups excluding carboxylic acids is 2. The van der Waals surface area contributed by atoms with Crippen LogP contribution in [-0.2, 0) is 11.3 Å². The van der Waals surface area contributed by atoms with E-state index in [9.17, 15) is 14.0 Å². The minimum absolute atomic E-state index is 0.0372. The number of nitrogens with zero attached hydrogens (tertiary/aromatic N) is 5. The summed E-state index contributed by atoms with van der Waals surface area (Å²) in [6.07, 6.45) is 6.24. The average molecular weight is 478 g/mol. The topological polar surface area (TPSA) is 125 Å². The fourth-order valence-electron chi connectivity index (χ4n) is 4.47. The first-order valence-electron chi connectivity index (χ1n) is 11.5. The van der Waals surface area contributed by atoms with Gasteiger partial charge in [0.2, 0.25) is 0 Å². The molecule has 0 bridgehead atoms. The lowest BCUT2D eigenvalue weighted by atomic mass is 10.0. The molecular weight excluding hydrogens is 449 g/mol. The molecule has 1 aliphatic heterocycles. The fraction of sp³-hybridized carbons (Fsp3) is 0.360. The van der Waals surface area contributed by atoms with Gasteiger partial charge in [-0.3, -0.25) is 14.3 Å². The second-order valence-electron chi connectivity index (χ2n) is 8.54. The van der Waals surface area contributed by atoms with Crippen molar-refractivity contribution in [3.05, 3.63) is 53.6 Å². The summed E-state index contributed by atoms with van der Waals surface area (Å²) in [7, 11) is 0. The molecule has 3 heterocycles. The van der Waals surface area contributed by atoms with E-state index in [1.54, 1.807) is 51.8 Å². The summed E-state index contributed by atoms with van der Waals surface area (Å²) in [4.78, 5) is 26.2. The fourth-order valence-corrected chi connectivity index (χ4v) is 4.47. The normalized spacial score (nSPS) is 14.6. The van der Waals surface area contributed by atoms with E-state index in [2.05, 4.69) is 22.0 Å². The molecule has 9 nitrogen and oxygen atoms in total. The number of likely N-dealkylation sites (tertiary alicyclic amines) is 1. The second-order valence-corrected chi connectivity index (χ2v) is 8.54. The van der Waals surface area contributed by atoms with Crippen LogP contribution in [0.15, 0.2) is 36.7 Å². The van der Waals surface area contributed by atoms with E-state index in [0.29, 0.717) is 29.9 Å². The third-order valence-corrected chi connectivity index (χ3v) is 6.19. The van der Waals surface area contributed by atoms with Crippen molar-refractivity contribution in [2.24, 2.45) is 5.73 Å². The number of halogens is 1. The van der Waals surface area contributed by atoms with Crippen LogP contribution in [0.25, 0.3) is 11.3 Å². The van der Waals surface area contributed by atoms with E-state index in [-0.39, 0.29) is 35.7 Å². The van der Waals surface area contributed by atoms with Crippen LogP contribution in [0.2, 0.25) is 0 Å².